The Balaban J connectivity index is 2.00. The minimum Gasteiger partial charge on any atom is -0.383 e. The molecular weight excluding hydrogens is 370 g/mol. The Morgan fingerprint density at radius 2 is 2.00 bits per heavy atom. The molecule has 0 spiro atoms. The minimum atomic E-state index is -3.68. The van der Waals surface area contributed by atoms with Crippen LogP contribution < -0.4 is 10.0 Å². The number of ether oxygens (including phenoxy) is 2. The molecule has 0 radical (unpaired) electrons. The van der Waals surface area contributed by atoms with Gasteiger partial charge in [-0.2, -0.15) is 0 Å². The summed E-state index contributed by atoms with van der Waals surface area (Å²) in [5.41, 5.74) is 0.0903. The molecule has 8 nitrogen and oxygen atoms in total. The first kappa shape index (κ1) is 21.8. The second kappa shape index (κ2) is 9.61. The number of rotatable bonds is 9. The van der Waals surface area contributed by atoms with Gasteiger partial charge in [0.2, 0.25) is 10.0 Å². The van der Waals surface area contributed by atoms with Crippen LogP contribution in [0, 0.1) is 0 Å². The number of nitrogens with one attached hydrogen (secondary N) is 2. The molecule has 1 fully saturated rings. The Kier molecular flexibility index (Phi) is 7.75. The molecular formula is C18H29N3O5S. The van der Waals surface area contributed by atoms with Crippen molar-refractivity contribution in [2.45, 2.75) is 24.3 Å². The van der Waals surface area contributed by atoms with Crippen LogP contribution in [-0.4, -0.2) is 77.9 Å². The van der Waals surface area contributed by atoms with Crippen LogP contribution in [0.25, 0.3) is 0 Å². The molecule has 0 saturated carbocycles. The van der Waals surface area contributed by atoms with E-state index < -0.39 is 10.0 Å². The number of morpholine rings is 1. The van der Waals surface area contributed by atoms with Gasteiger partial charge in [0.15, 0.2) is 0 Å². The summed E-state index contributed by atoms with van der Waals surface area (Å²) >= 11 is 0. The topological polar surface area (TPSA) is 97.0 Å². The lowest BCUT2D eigenvalue weighted by atomic mass is 10.0. The number of carbonyl (C=O) groups is 1. The lowest BCUT2D eigenvalue weighted by Crippen LogP contribution is -2.55. The Morgan fingerprint density at radius 3 is 2.67 bits per heavy atom. The van der Waals surface area contributed by atoms with Gasteiger partial charge in [0.1, 0.15) is 0 Å². The van der Waals surface area contributed by atoms with Crippen molar-refractivity contribution in [3.8, 4) is 0 Å². The molecule has 27 heavy (non-hydrogen) atoms. The van der Waals surface area contributed by atoms with E-state index in [1.807, 2.05) is 0 Å². The van der Waals surface area contributed by atoms with Crippen molar-refractivity contribution in [2.24, 2.45) is 0 Å². The molecule has 1 aliphatic heterocycles. The lowest BCUT2D eigenvalue weighted by Gasteiger charge is -2.40. The average molecular weight is 400 g/mol. The van der Waals surface area contributed by atoms with Crippen molar-refractivity contribution in [3.63, 3.8) is 0 Å². The fourth-order valence-electron chi connectivity index (χ4n) is 2.85. The van der Waals surface area contributed by atoms with Crippen molar-refractivity contribution in [1.29, 1.82) is 0 Å². The third-order valence-electron chi connectivity index (χ3n) is 4.55. The van der Waals surface area contributed by atoms with Crippen LogP contribution in [0.2, 0.25) is 0 Å². The smallest absolute Gasteiger partial charge is 0.251 e. The number of methoxy groups -OCH3 is 1. The highest BCUT2D eigenvalue weighted by Gasteiger charge is 2.28. The summed E-state index contributed by atoms with van der Waals surface area (Å²) < 4.78 is 37.2. The molecule has 0 aromatic heterocycles. The van der Waals surface area contributed by atoms with Crippen LogP contribution in [0.1, 0.15) is 24.2 Å². The maximum atomic E-state index is 12.5. The van der Waals surface area contributed by atoms with E-state index in [0.717, 1.165) is 13.1 Å². The maximum absolute atomic E-state index is 12.5. The first-order valence-electron chi connectivity index (χ1n) is 8.96. The number of amides is 1. The average Bonchev–Trinajstić information content (AvgIpc) is 2.67. The molecule has 1 amide bonds. The van der Waals surface area contributed by atoms with Gasteiger partial charge < -0.3 is 14.8 Å². The highest BCUT2D eigenvalue weighted by atomic mass is 32.2. The number of hydrogen-bond donors (Lipinski definition) is 2. The van der Waals surface area contributed by atoms with Crippen LogP contribution in [0.3, 0.4) is 0 Å². The standard InChI is InChI=1S/C18H29N3O5S/c1-18(2,21-8-11-26-12-9-21)14-19-17(22)15-5-4-6-16(13-15)27(23,24)20-7-10-25-3/h4-6,13,20H,7-12,14H2,1-3H3,(H,19,22). The molecule has 2 rings (SSSR count). The van der Waals surface area contributed by atoms with E-state index in [2.05, 4.69) is 28.8 Å². The van der Waals surface area contributed by atoms with Crippen molar-refractivity contribution < 1.29 is 22.7 Å². The predicted molar refractivity (Wildman–Crippen MR) is 102 cm³/mol. The number of carbonyl (C=O) groups excluding carboxylic acids is 1. The summed E-state index contributed by atoms with van der Waals surface area (Å²) in [5, 5.41) is 2.91. The van der Waals surface area contributed by atoms with Gasteiger partial charge in [0.25, 0.3) is 5.91 Å². The van der Waals surface area contributed by atoms with E-state index >= 15 is 0 Å². The summed E-state index contributed by atoms with van der Waals surface area (Å²) in [4.78, 5) is 14.9. The molecule has 152 valence electrons. The van der Waals surface area contributed by atoms with Crippen LogP contribution in [-0.2, 0) is 19.5 Å². The molecule has 1 aromatic carbocycles. The van der Waals surface area contributed by atoms with Crippen LogP contribution in [0.4, 0.5) is 0 Å². The third-order valence-corrected chi connectivity index (χ3v) is 6.01. The molecule has 0 unspecified atom stereocenters. The van der Waals surface area contributed by atoms with Gasteiger partial charge in [-0.25, -0.2) is 13.1 Å². The zero-order valence-corrected chi connectivity index (χ0v) is 17.0. The Morgan fingerprint density at radius 1 is 1.30 bits per heavy atom. The fourth-order valence-corrected chi connectivity index (χ4v) is 3.90. The third kappa shape index (κ3) is 6.25. The second-order valence-corrected chi connectivity index (χ2v) is 8.78. The van der Waals surface area contributed by atoms with Crippen molar-refractivity contribution in [3.05, 3.63) is 29.8 Å². The largest absolute Gasteiger partial charge is 0.383 e. The highest BCUT2D eigenvalue weighted by Crippen LogP contribution is 2.16. The summed E-state index contributed by atoms with van der Waals surface area (Å²) in [5.74, 6) is -0.301. The summed E-state index contributed by atoms with van der Waals surface area (Å²) in [7, 11) is -2.18. The SMILES string of the molecule is COCCNS(=O)(=O)c1cccc(C(=O)NCC(C)(C)N2CCOCC2)c1. The highest BCUT2D eigenvalue weighted by molar-refractivity contribution is 7.89. The molecule has 0 aliphatic carbocycles. The Hall–Kier alpha value is -1.52. The van der Waals surface area contributed by atoms with E-state index in [4.69, 9.17) is 9.47 Å². The Bertz CT molecular complexity index is 730. The fraction of sp³-hybridized carbons (Fsp3) is 0.611. The number of benzene rings is 1. The van der Waals surface area contributed by atoms with Crippen LogP contribution >= 0.6 is 0 Å². The molecule has 1 saturated heterocycles. The zero-order valence-electron chi connectivity index (χ0n) is 16.2. The summed E-state index contributed by atoms with van der Waals surface area (Å²) in [6.45, 7) is 8.06. The van der Waals surface area contributed by atoms with Crippen molar-refractivity contribution in [2.75, 3.05) is 53.1 Å². The van der Waals surface area contributed by atoms with E-state index in [1.165, 1.54) is 19.2 Å². The van der Waals surface area contributed by atoms with Gasteiger partial charge in [-0.15, -0.1) is 0 Å². The predicted octanol–water partition coefficient (Wildman–Crippen LogP) is 0.452. The summed E-state index contributed by atoms with van der Waals surface area (Å²) in [6.07, 6.45) is 0. The maximum Gasteiger partial charge on any atom is 0.251 e. The Labute approximate surface area is 161 Å². The molecule has 9 heteroatoms. The molecule has 0 atom stereocenters. The van der Waals surface area contributed by atoms with E-state index in [9.17, 15) is 13.2 Å². The second-order valence-electron chi connectivity index (χ2n) is 7.01. The van der Waals surface area contributed by atoms with Gasteiger partial charge in [-0.05, 0) is 32.0 Å². The molecule has 1 aromatic rings. The molecule has 0 bridgehead atoms. The molecule has 2 N–H and O–H groups in total. The normalized spacial score (nSPS) is 16.3. The summed E-state index contributed by atoms with van der Waals surface area (Å²) in [6, 6.07) is 6.01. The monoisotopic (exact) mass is 399 g/mol. The molecule has 1 heterocycles. The first-order valence-corrected chi connectivity index (χ1v) is 10.4. The van der Waals surface area contributed by atoms with Gasteiger partial charge in [-0.1, -0.05) is 6.07 Å². The van der Waals surface area contributed by atoms with E-state index in [0.29, 0.717) is 25.3 Å². The van der Waals surface area contributed by atoms with E-state index in [1.54, 1.807) is 12.1 Å². The van der Waals surface area contributed by atoms with Gasteiger partial charge in [0.05, 0.1) is 24.7 Å². The number of nitrogens with zero attached hydrogens (tertiary/aromatic N) is 1. The first-order chi connectivity index (χ1) is 12.8. The quantitative estimate of drug-likeness (QED) is 0.586. The zero-order chi connectivity index (χ0) is 19.9. The van der Waals surface area contributed by atoms with Gasteiger partial charge >= 0.3 is 0 Å². The molecule has 1 aliphatic rings. The minimum absolute atomic E-state index is 0.0543. The van der Waals surface area contributed by atoms with Gasteiger partial charge in [0, 0.05) is 44.4 Å². The van der Waals surface area contributed by atoms with Crippen molar-refractivity contribution >= 4 is 15.9 Å². The lowest BCUT2D eigenvalue weighted by molar-refractivity contribution is -0.00923. The van der Waals surface area contributed by atoms with Crippen LogP contribution in [0.15, 0.2) is 29.2 Å². The van der Waals surface area contributed by atoms with Crippen molar-refractivity contribution in [1.82, 2.24) is 14.9 Å². The van der Waals surface area contributed by atoms with E-state index in [-0.39, 0.29) is 29.5 Å². The number of sulfonamides is 1. The number of hydrogen-bond acceptors (Lipinski definition) is 6. The van der Waals surface area contributed by atoms with Gasteiger partial charge in [-0.3, -0.25) is 9.69 Å². The van der Waals surface area contributed by atoms with Crippen LogP contribution in [0.5, 0.6) is 0 Å².